The fourth-order valence-electron chi connectivity index (χ4n) is 3.11. The Morgan fingerprint density at radius 1 is 1.33 bits per heavy atom. The SMILES string of the molecule is CN(CC1CCCCC1O)C(=O)Nc1cc(-c2ccccc2)on1. The Balaban J connectivity index is 1.57. The molecule has 6 nitrogen and oxygen atoms in total. The summed E-state index contributed by atoms with van der Waals surface area (Å²) in [6.07, 6.45) is 3.64. The number of hydrogen-bond donors (Lipinski definition) is 2. The van der Waals surface area contributed by atoms with E-state index in [9.17, 15) is 9.90 Å². The van der Waals surface area contributed by atoms with E-state index >= 15 is 0 Å². The summed E-state index contributed by atoms with van der Waals surface area (Å²) in [5, 5.41) is 16.7. The fourth-order valence-corrected chi connectivity index (χ4v) is 3.11. The van der Waals surface area contributed by atoms with Crippen LogP contribution in [0.15, 0.2) is 40.9 Å². The molecule has 0 bridgehead atoms. The molecule has 0 aliphatic heterocycles. The summed E-state index contributed by atoms with van der Waals surface area (Å²) < 4.78 is 5.28. The van der Waals surface area contributed by atoms with Gasteiger partial charge in [0.15, 0.2) is 11.6 Å². The number of nitrogens with one attached hydrogen (secondary N) is 1. The quantitative estimate of drug-likeness (QED) is 0.901. The van der Waals surface area contributed by atoms with Gasteiger partial charge in [-0.1, -0.05) is 48.3 Å². The third kappa shape index (κ3) is 3.94. The first-order chi connectivity index (χ1) is 11.6. The summed E-state index contributed by atoms with van der Waals surface area (Å²) >= 11 is 0. The summed E-state index contributed by atoms with van der Waals surface area (Å²) in [6, 6.07) is 11.1. The van der Waals surface area contributed by atoms with Crippen LogP contribution in [-0.4, -0.2) is 40.9 Å². The van der Waals surface area contributed by atoms with Gasteiger partial charge in [-0.2, -0.15) is 0 Å². The van der Waals surface area contributed by atoms with Crippen molar-refractivity contribution in [2.75, 3.05) is 18.9 Å². The highest BCUT2D eigenvalue weighted by atomic mass is 16.5. The van der Waals surface area contributed by atoms with Crippen LogP contribution in [0.4, 0.5) is 10.6 Å². The Kier molecular flexibility index (Phi) is 5.15. The maximum Gasteiger partial charge on any atom is 0.322 e. The molecule has 1 heterocycles. The standard InChI is InChI=1S/C18H23N3O3/c1-21(12-14-9-5-6-10-15(14)22)18(23)19-17-11-16(24-20-17)13-7-3-2-4-8-13/h2-4,7-8,11,14-15,22H,5-6,9-10,12H2,1H3,(H,19,20,23). The molecule has 6 heteroatoms. The molecule has 0 saturated heterocycles. The van der Waals surface area contributed by atoms with Crippen molar-refractivity contribution < 1.29 is 14.4 Å². The van der Waals surface area contributed by atoms with Crippen molar-refractivity contribution in [2.24, 2.45) is 5.92 Å². The lowest BCUT2D eigenvalue weighted by Crippen LogP contribution is -2.40. The fraction of sp³-hybridized carbons (Fsp3) is 0.444. The minimum Gasteiger partial charge on any atom is -0.393 e. The zero-order valence-corrected chi connectivity index (χ0v) is 13.8. The summed E-state index contributed by atoms with van der Waals surface area (Å²) in [7, 11) is 1.73. The first-order valence-electron chi connectivity index (χ1n) is 8.36. The van der Waals surface area contributed by atoms with Crippen molar-refractivity contribution in [1.29, 1.82) is 0 Å². The molecule has 0 spiro atoms. The van der Waals surface area contributed by atoms with Crippen LogP contribution in [-0.2, 0) is 0 Å². The molecule has 2 N–H and O–H groups in total. The lowest BCUT2D eigenvalue weighted by molar-refractivity contribution is 0.0575. The maximum atomic E-state index is 12.3. The van der Waals surface area contributed by atoms with E-state index in [1.54, 1.807) is 18.0 Å². The largest absolute Gasteiger partial charge is 0.393 e. The van der Waals surface area contributed by atoms with E-state index < -0.39 is 0 Å². The molecule has 3 rings (SSSR count). The topological polar surface area (TPSA) is 78.6 Å². The molecule has 1 saturated carbocycles. The monoisotopic (exact) mass is 329 g/mol. The van der Waals surface area contributed by atoms with Gasteiger partial charge in [0.1, 0.15) is 0 Å². The molecule has 1 aromatic heterocycles. The summed E-state index contributed by atoms with van der Waals surface area (Å²) in [5.74, 6) is 1.14. The van der Waals surface area contributed by atoms with Crippen LogP contribution in [0.2, 0.25) is 0 Å². The second-order valence-electron chi connectivity index (χ2n) is 6.36. The summed E-state index contributed by atoms with van der Waals surface area (Å²) in [5.41, 5.74) is 0.907. The zero-order valence-electron chi connectivity index (χ0n) is 13.8. The van der Waals surface area contributed by atoms with Crippen LogP contribution in [0.5, 0.6) is 0 Å². The number of benzene rings is 1. The van der Waals surface area contributed by atoms with Crippen LogP contribution in [0, 0.1) is 5.92 Å². The number of anilines is 1. The molecule has 1 aliphatic rings. The second-order valence-corrected chi connectivity index (χ2v) is 6.36. The van der Waals surface area contributed by atoms with Crippen LogP contribution in [0.3, 0.4) is 0 Å². The lowest BCUT2D eigenvalue weighted by Gasteiger charge is -2.31. The van der Waals surface area contributed by atoms with Crippen molar-refractivity contribution in [2.45, 2.75) is 31.8 Å². The smallest absolute Gasteiger partial charge is 0.322 e. The lowest BCUT2D eigenvalue weighted by atomic mass is 9.86. The number of aromatic nitrogens is 1. The predicted octanol–water partition coefficient (Wildman–Crippen LogP) is 3.36. The molecule has 2 aromatic rings. The first kappa shape index (κ1) is 16.5. The molecule has 2 unspecified atom stereocenters. The van der Waals surface area contributed by atoms with Gasteiger partial charge in [-0.05, 0) is 12.8 Å². The Morgan fingerprint density at radius 2 is 2.08 bits per heavy atom. The number of aliphatic hydroxyl groups excluding tert-OH is 1. The predicted molar refractivity (Wildman–Crippen MR) is 91.6 cm³/mol. The molecular weight excluding hydrogens is 306 g/mol. The Labute approximate surface area is 141 Å². The molecule has 1 aromatic carbocycles. The number of aliphatic hydroxyl groups is 1. The van der Waals surface area contributed by atoms with E-state index in [4.69, 9.17) is 4.52 Å². The van der Waals surface area contributed by atoms with Gasteiger partial charge in [0.25, 0.3) is 0 Å². The van der Waals surface area contributed by atoms with E-state index in [0.29, 0.717) is 18.1 Å². The molecule has 1 aliphatic carbocycles. The molecule has 2 amide bonds. The van der Waals surface area contributed by atoms with Gasteiger partial charge in [0.2, 0.25) is 0 Å². The number of carbonyl (C=O) groups excluding carboxylic acids is 1. The van der Waals surface area contributed by atoms with E-state index in [0.717, 1.165) is 31.2 Å². The second kappa shape index (κ2) is 7.49. The average Bonchev–Trinajstić information content (AvgIpc) is 3.06. The Morgan fingerprint density at radius 3 is 2.83 bits per heavy atom. The first-order valence-corrected chi connectivity index (χ1v) is 8.36. The number of carbonyl (C=O) groups is 1. The number of hydrogen-bond acceptors (Lipinski definition) is 4. The number of rotatable bonds is 4. The third-order valence-corrected chi connectivity index (χ3v) is 4.53. The van der Waals surface area contributed by atoms with Crippen molar-refractivity contribution in [3.8, 4) is 11.3 Å². The summed E-state index contributed by atoms with van der Waals surface area (Å²) in [4.78, 5) is 13.9. The van der Waals surface area contributed by atoms with Gasteiger partial charge in [0, 0.05) is 31.1 Å². The van der Waals surface area contributed by atoms with Crippen molar-refractivity contribution in [3.63, 3.8) is 0 Å². The number of nitrogens with zero attached hydrogens (tertiary/aromatic N) is 2. The number of urea groups is 1. The van der Waals surface area contributed by atoms with Crippen LogP contribution >= 0.6 is 0 Å². The number of amides is 2. The van der Waals surface area contributed by atoms with E-state index in [-0.39, 0.29) is 18.1 Å². The van der Waals surface area contributed by atoms with Crippen LogP contribution < -0.4 is 5.32 Å². The molecule has 0 radical (unpaired) electrons. The van der Waals surface area contributed by atoms with Gasteiger partial charge in [-0.3, -0.25) is 5.32 Å². The summed E-state index contributed by atoms with van der Waals surface area (Å²) in [6.45, 7) is 0.538. The van der Waals surface area contributed by atoms with Crippen molar-refractivity contribution in [1.82, 2.24) is 10.1 Å². The highest BCUT2D eigenvalue weighted by molar-refractivity contribution is 5.88. The Bertz CT molecular complexity index is 671. The van der Waals surface area contributed by atoms with Crippen molar-refractivity contribution >= 4 is 11.8 Å². The van der Waals surface area contributed by atoms with Gasteiger partial charge in [0.05, 0.1) is 6.10 Å². The highest BCUT2D eigenvalue weighted by Crippen LogP contribution is 2.25. The van der Waals surface area contributed by atoms with Gasteiger partial charge >= 0.3 is 6.03 Å². The van der Waals surface area contributed by atoms with Crippen LogP contribution in [0.1, 0.15) is 25.7 Å². The third-order valence-electron chi connectivity index (χ3n) is 4.53. The maximum absolute atomic E-state index is 12.3. The minimum atomic E-state index is -0.314. The Hall–Kier alpha value is -2.34. The highest BCUT2D eigenvalue weighted by Gasteiger charge is 2.25. The molecular formula is C18H23N3O3. The molecule has 128 valence electrons. The normalized spacial score (nSPS) is 20.6. The molecule has 1 fully saturated rings. The van der Waals surface area contributed by atoms with E-state index in [2.05, 4.69) is 10.5 Å². The van der Waals surface area contributed by atoms with E-state index in [1.165, 1.54) is 0 Å². The average molecular weight is 329 g/mol. The van der Waals surface area contributed by atoms with Gasteiger partial charge in [-0.15, -0.1) is 0 Å². The van der Waals surface area contributed by atoms with E-state index in [1.807, 2.05) is 30.3 Å². The molecule has 24 heavy (non-hydrogen) atoms. The van der Waals surface area contributed by atoms with Gasteiger partial charge < -0.3 is 14.5 Å². The molecule has 2 atom stereocenters. The zero-order chi connectivity index (χ0) is 16.9. The van der Waals surface area contributed by atoms with Gasteiger partial charge in [-0.25, -0.2) is 4.79 Å². The minimum absolute atomic E-state index is 0.145. The van der Waals surface area contributed by atoms with Crippen LogP contribution in [0.25, 0.3) is 11.3 Å². The van der Waals surface area contributed by atoms with Crippen molar-refractivity contribution in [3.05, 3.63) is 36.4 Å².